The van der Waals surface area contributed by atoms with Gasteiger partial charge in [0.05, 0.1) is 5.69 Å². The summed E-state index contributed by atoms with van der Waals surface area (Å²) in [5, 5.41) is 0.458. The zero-order valence-electron chi connectivity index (χ0n) is 14.5. The van der Waals surface area contributed by atoms with Gasteiger partial charge in [-0.05, 0) is 67.5 Å². The number of fused-ring (bicyclic) bond motifs is 2. The molecule has 0 aromatic heterocycles. The molecule has 4 heteroatoms. The number of hydrogen-bond donors (Lipinski definition) is 0. The average molecular weight is 353 g/mol. The molecule has 0 bridgehead atoms. The third kappa shape index (κ3) is 3.08. The summed E-state index contributed by atoms with van der Waals surface area (Å²) >= 11 is 2.00. The van der Waals surface area contributed by atoms with Crippen LogP contribution >= 0.6 is 11.8 Å². The number of benzene rings is 2. The molecule has 1 aliphatic carbocycles. The molecule has 0 saturated heterocycles. The maximum Gasteiger partial charge on any atom is 0.231 e. The van der Waals surface area contributed by atoms with Crippen LogP contribution in [0.2, 0.25) is 0 Å². The van der Waals surface area contributed by atoms with Crippen LogP contribution in [0.5, 0.6) is 11.5 Å². The number of hydrogen-bond acceptors (Lipinski definition) is 4. The van der Waals surface area contributed by atoms with Crippen LogP contribution in [-0.4, -0.2) is 19.9 Å². The van der Waals surface area contributed by atoms with E-state index in [0.29, 0.717) is 12.0 Å². The van der Waals surface area contributed by atoms with E-state index >= 15 is 0 Å². The summed E-state index contributed by atoms with van der Waals surface area (Å²) in [6, 6.07) is 13.4. The summed E-state index contributed by atoms with van der Waals surface area (Å²) < 4.78 is 11.1. The van der Waals surface area contributed by atoms with Gasteiger partial charge in [-0.2, -0.15) is 0 Å². The van der Waals surface area contributed by atoms with Crippen molar-refractivity contribution in [1.82, 2.24) is 0 Å². The highest BCUT2D eigenvalue weighted by Crippen LogP contribution is 2.48. The zero-order chi connectivity index (χ0) is 16.8. The van der Waals surface area contributed by atoms with Gasteiger partial charge < -0.3 is 14.4 Å². The molecule has 0 spiro atoms. The Morgan fingerprint density at radius 3 is 2.80 bits per heavy atom. The SMILES string of the molecule is Cc1ccc2c(c1)S[C@@H](c1ccc3c(c1)OCO3)CCN2CC1CC1. The van der Waals surface area contributed by atoms with Gasteiger partial charge in [-0.25, -0.2) is 0 Å². The Kier molecular flexibility index (Phi) is 3.81. The summed E-state index contributed by atoms with van der Waals surface area (Å²) in [7, 11) is 0. The van der Waals surface area contributed by atoms with E-state index in [1.807, 2.05) is 11.8 Å². The summed E-state index contributed by atoms with van der Waals surface area (Å²) in [6.07, 6.45) is 3.96. The van der Waals surface area contributed by atoms with Crippen molar-refractivity contribution in [3.8, 4) is 11.5 Å². The van der Waals surface area contributed by atoms with E-state index in [1.54, 1.807) is 0 Å². The highest BCUT2D eigenvalue weighted by Gasteiger charge is 2.29. The number of rotatable bonds is 3. The van der Waals surface area contributed by atoms with Crippen LogP contribution in [0.15, 0.2) is 41.3 Å². The van der Waals surface area contributed by atoms with E-state index in [4.69, 9.17) is 9.47 Å². The lowest BCUT2D eigenvalue weighted by Crippen LogP contribution is -2.26. The van der Waals surface area contributed by atoms with Crippen LogP contribution in [0.3, 0.4) is 0 Å². The number of aryl methyl sites for hydroxylation is 1. The molecule has 25 heavy (non-hydrogen) atoms. The van der Waals surface area contributed by atoms with Crippen molar-refractivity contribution in [2.24, 2.45) is 5.92 Å². The van der Waals surface area contributed by atoms with Crippen molar-refractivity contribution in [2.75, 3.05) is 24.8 Å². The van der Waals surface area contributed by atoms with Gasteiger partial charge in [0, 0.05) is 23.2 Å². The van der Waals surface area contributed by atoms with Crippen molar-refractivity contribution in [3.63, 3.8) is 0 Å². The van der Waals surface area contributed by atoms with E-state index in [-0.39, 0.29) is 0 Å². The van der Waals surface area contributed by atoms with E-state index in [1.165, 1.54) is 41.1 Å². The molecule has 0 N–H and O–H groups in total. The Bertz CT molecular complexity index is 802. The topological polar surface area (TPSA) is 21.7 Å². The minimum atomic E-state index is 0.341. The van der Waals surface area contributed by atoms with Crippen molar-refractivity contribution in [1.29, 1.82) is 0 Å². The van der Waals surface area contributed by atoms with Gasteiger partial charge in [-0.15, -0.1) is 11.8 Å². The van der Waals surface area contributed by atoms with E-state index in [2.05, 4.69) is 48.2 Å². The maximum absolute atomic E-state index is 5.59. The van der Waals surface area contributed by atoms with Gasteiger partial charge in [0.2, 0.25) is 6.79 Å². The highest BCUT2D eigenvalue weighted by atomic mass is 32.2. The first-order chi connectivity index (χ1) is 12.3. The van der Waals surface area contributed by atoms with E-state index in [0.717, 1.165) is 30.4 Å². The molecular formula is C21H23NO2S. The first-order valence-corrected chi connectivity index (χ1v) is 10.1. The molecule has 2 aromatic rings. The number of anilines is 1. The third-order valence-electron chi connectivity index (χ3n) is 5.33. The normalized spacial score (nSPS) is 21.8. The van der Waals surface area contributed by atoms with Gasteiger partial charge >= 0.3 is 0 Å². The Hall–Kier alpha value is -1.81. The minimum Gasteiger partial charge on any atom is -0.454 e. The summed E-state index contributed by atoms with van der Waals surface area (Å²) in [5.41, 5.74) is 4.10. The van der Waals surface area contributed by atoms with Gasteiger partial charge in [0.1, 0.15) is 0 Å². The van der Waals surface area contributed by atoms with Gasteiger partial charge in [0.25, 0.3) is 0 Å². The van der Waals surface area contributed by atoms with Crippen molar-refractivity contribution in [3.05, 3.63) is 47.5 Å². The van der Waals surface area contributed by atoms with Gasteiger partial charge in [0.15, 0.2) is 11.5 Å². The molecule has 3 nitrogen and oxygen atoms in total. The smallest absolute Gasteiger partial charge is 0.231 e. The predicted octanol–water partition coefficient (Wildman–Crippen LogP) is 5.18. The number of nitrogens with zero attached hydrogens (tertiary/aromatic N) is 1. The van der Waals surface area contributed by atoms with E-state index in [9.17, 15) is 0 Å². The second kappa shape index (κ2) is 6.17. The molecule has 130 valence electrons. The van der Waals surface area contributed by atoms with Crippen molar-refractivity contribution < 1.29 is 9.47 Å². The van der Waals surface area contributed by atoms with Crippen molar-refractivity contribution in [2.45, 2.75) is 36.3 Å². The minimum absolute atomic E-state index is 0.341. The van der Waals surface area contributed by atoms with E-state index < -0.39 is 0 Å². The first-order valence-electron chi connectivity index (χ1n) is 9.18. The van der Waals surface area contributed by atoms with Crippen LogP contribution in [0.4, 0.5) is 5.69 Å². The summed E-state index contributed by atoms with van der Waals surface area (Å²) in [6.45, 7) is 4.86. The lowest BCUT2D eigenvalue weighted by Gasteiger charge is -2.24. The van der Waals surface area contributed by atoms with Crippen LogP contribution in [0.1, 0.15) is 35.6 Å². The lowest BCUT2D eigenvalue weighted by molar-refractivity contribution is 0.174. The molecule has 2 aliphatic heterocycles. The standard InChI is InChI=1S/C21H23NO2S/c1-14-2-6-17-21(10-14)25-20(8-9-22(17)12-15-3-4-15)16-5-7-18-19(11-16)24-13-23-18/h2,5-7,10-11,15,20H,3-4,8-9,12-13H2,1H3/t20-/m1/s1. The summed E-state index contributed by atoms with van der Waals surface area (Å²) in [5.74, 6) is 2.66. The summed E-state index contributed by atoms with van der Waals surface area (Å²) in [4.78, 5) is 4.03. The molecule has 0 radical (unpaired) electrons. The van der Waals surface area contributed by atoms with Crippen molar-refractivity contribution >= 4 is 17.4 Å². The average Bonchev–Trinajstić information content (AvgIpc) is 3.34. The Morgan fingerprint density at radius 2 is 1.92 bits per heavy atom. The zero-order valence-corrected chi connectivity index (χ0v) is 15.3. The molecule has 1 atom stereocenters. The molecule has 3 aliphatic rings. The molecule has 1 fully saturated rings. The van der Waals surface area contributed by atoms with Crippen LogP contribution in [0.25, 0.3) is 0 Å². The maximum atomic E-state index is 5.59. The fourth-order valence-corrected chi connectivity index (χ4v) is 5.12. The fourth-order valence-electron chi connectivity index (χ4n) is 3.73. The number of ether oxygens (including phenoxy) is 2. The highest BCUT2D eigenvalue weighted by molar-refractivity contribution is 7.99. The van der Waals surface area contributed by atoms with Gasteiger partial charge in [-0.3, -0.25) is 0 Å². The largest absolute Gasteiger partial charge is 0.454 e. The Balaban J connectivity index is 1.47. The Labute approximate surface area is 153 Å². The Morgan fingerprint density at radius 1 is 1.04 bits per heavy atom. The van der Waals surface area contributed by atoms with Crippen LogP contribution in [-0.2, 0) is 0 Å². The second-order valence-corrected chi connectivity index (χ2v) is 8.61. The second-order valence-electron chi connectivity index (χ2n) is 7.37. The quantitative estimate of drug-likeness (QED) is 0.758. The van der Waals surface area contributed by atoms with Crippen LogP contribution < -0.4 is 14.4 Å². The monoisotopic (exact) mass is 353 g/mol. The first kappa shape index (κ1) is 15.4. The van der Waals surface area contributed by atoms with Crippen LogP contribution in [0, 0.1) is 12.8 Å². The van der Waals surface area contributed by atoms with Gasteiger partial charge in [-0.1, -0.05) is 12.1 Å². The fraction of sp³-hybridized carbons (Fsp3) is 0.429. The lowest BCUT2D eigenvalue weighted by atomic mass is 10.1. The molecule has 5 rings (SSSR count). The molecule has 2 heterocycles. The number of thioether (sulfide) groups is 1. The predicted molar refractivity (Wildman–Crippen MR) is 102 cm³/mol. The molecule has 0 unspecified atom stereocenters. The molecule has 0 amide bonds. The molecular weight excluding hydrogens is 330 g/mol. The molecule has 2 aromatic carbocycles. The molecule has 1 saturated carbocycles. The third-order valence-corrected chi connectivity index (χ3v) is 6.70.